The molecule has 1 amide bonds. The summed E-state index contributed by atoms with van der Waals surface area (Å²) in [6.07, 6.45) is -0.0186. The van der Waals surface area contributed by atoms with Crippen molar-refractivity contribution in [1.82, 2.24) is 5.32 Å². The zero-order chi connectivity index (χ0) is 18.5. The van der Waals surface area contributed by atoms with E-state index >= 15 is 0 Å². The molecule has 8 nitrogen and oxygen atoms in total. The maximum atomic E-state index is 13.3. The van der Waals surface area contributed by atoms with Gasteiger partial charge >= 0.3 is 12.1 Å². The molecule has 0 aliphatic carbocycles. The van der Waals surface area contributed by atoms with Gasteiger partial charge in [-0.05, 0) is 39.0 Å². The standard InChI is InChI=1S/C15H17FN2O6/c1-15(2,3)24-14(20)17-11(13(19)23-4)8-9-7-10(16)5-6-12(9)18(21)22/h5-8H,1-4H3,(H,17,20)/b11-8-. The van der Waals surface area contributed by atoms with E-state index in [9.17, 15) is 24.1 Å². The van der Waals surface area contributed by atoms with Gasteiger partial charge in [-0.3, -0.25) is 15.4 Å². The molecule has 0 saturated carbocycles. The van der Waals surface area contributed by atoms with Crippen molar-refractivity contribution in [2.24, 2.45) is 0 Å². The van der Waals surface area contributed by atoms with Crippen molar-refractivity contribution in [3.63, 3.8) is 0 Å². The average Bonchev–Trinajstić information content (AvgIpc) is 2.43. The Balaban J connectivity index is 3.24. The number of methoxy groups -OCH3 is 1. The van der Waals surface area contributed by atoms with E-state index in [4.69, 9.17) is 4.74 Å². The van der Waals surface area contributed by atoms with Gasteiger partial charge in [-0.1, -0.05) is 0 Å². The predicted molar refractivity (Wildman–Crippen MR) is 82.4 cm³/mol. The number of ether oxygens (including phenoxy) is 2. The molecule has 1 aromatic rings. The molecule has 1 rings (SSSR count). The summed E-state index contributed by atoms with van der Waals surface area (Å²) in [7, 11) is 1.06. The van der Waals surface area contributed by atoms with Gasteiger partial charge in [0.2, 0.25) is 0 Å². The van der Waals surface area contributed by atoms with Crippen molar-refractivity contribution in [1.29, 1.82) is 0 Å². The molecule has 0 unspecified atom stereocenters. The Kier molecular flexibility index (Phi) is 5.99. The van der Waals surface area contributed by atoms with E-state index < -0.39 is 39.8 Å². The Hall–Kier alpha value is -2.97. The smallest absolute Gasteiger partial charge is 0.412 e. The van der Waals surface area contributed by atoms with Crippen molar-refractivity contribution in [2.75, 3.05) is 7.11 Å². The fourth-order valence-corrected chi connectivity index (χ4v) is 1.63. The van der Waals surface area contributed by atoms with E-state index in [1.807, 2.05) is 0 Å². The van der Waals surface area contributed by atoms with E-state index in [1.54, 1.807) is 20.8 Å². The highest BCUT2D eigenvalue weighted by Crippen LogP contribution is 2.22. The summed E-state index contributed by atoms with van der Waals surface area (Å²) in [5, 5.41) is 13.1. The summed E-state index contributed by atoms with van der Waals surface area (Å²) in [4.78, 5) is 33.8. The highest BCUT2D eigenvalue weighted by atomic mass is 19.1. The summed E-state index contributed by atoms with van der Waals surface area (Å²) in [6, 6.07) is 2.72. The van der Waals surface area contributed by atoms with Crippen LogP contribution in [0.15, 0.2) is 23.9 Å². The number of esters is 1. The number of amides is 1. The molecular formula is C15H17FN2O6. The van der Waals surface area contributed by atoms with Crippen LogP contribution in [0, 0.1) is 15.9 Å². The maximum absolute atomic E-state index is 13.3. The highest BCUT2D eigenvalue weighted by Gasteiger charge is 2.22. The van der Waals surface area contributed by atoms with Crippen LogP contribution < -0.4 is 5.32 Å². The summed E-state index contributed by atoms with van der Waals surface area (Å²) in [5.41, 5.74) is -1.91. The first-order valence-corrected chi connectivity index (χ1v) is 6.77. The number of rotatable bonds is 4. The number of nitro groups is 1. The van der Waals surface area contributed by atoms with Crippen molar-refractivity contribution in [2.45, 2.75) is 26.4 Å². The number of benzene rings is 1. The van der Waals surface area contributed by atoms with E-state index in [0.29, 0.717) is 0 Å². The average molecular weight is 340 g/mol. The van der Waals surface area contributed by atoms with E-state index in [1.165, 1.54) is 0 Å². The first-order chi connectivity index (χ1) is 11.0. The van der Waals surface area contributed by atoms with Gasteiger partial charge in [0.25, 0.3) is 5.69 Å². The fraction of sp³-hybridized carbons (Fsp3) is 0.333. The molecule has 0 radical (unpaired) electrons. The molecule has 1 N–H and O–H groups in total. The lowest BCUT2D eigenvalue weighted by Crippen LogP contribution is -2.34. The number of carbonyl (C=O) groups excluding carboxylic acids is 2. The second kappa shape index (κ2) is 7.53. The Bertz CT molecular complexity index is 694. The molecule has 0 bridgehead atoms. The number of alkyl carbamates (subject to hydrolysis) is 1. The van der Waals surface area contributed by atoms with Gasteiger partial charge in [0.15, 0.2) is 0 Å². The molecule has 130 valence electrons. The Labute approximate surface area is 137 Å². The van der Waals surface area contributed by atoms with Crippen molar-refractivity contribution < 1.29 is 28.4 Å². The van der Waals surface area contributed by atoms with Crippen LogP contribution in [0.25, 0.3) is 6.08 Å². The predicted octanol–water partition coefficient (Wildman–Crippen LogP) is 2.77. The lowest BCUT2D eigenvalue weighted by atomic mass is 10.1. The number of nitro benzene ring substituents is 1. The molecule has 1 aromatic carbocycles. The lowest BCUT2D eigenvalue weighted by Gasteiger charge is -2.20. The molecule has 0 spiro atoms. The van der Waals surface area contributed by atoms with Gasteiger partial charge in [0.1, 0.15) is 17.1 Å². The molecule has 0 aromatic heterocycles. The monoisotopic (exact) mass is 340 g/mol. The number of hydrogen-bond donors (Lipinski definition) is 1. The first-order valence-electron chi connectivity index (χ1n) is 6.77. The number of halogens is 1. The molecule has 0 atom stereocenters. The van der Waals surface area contributed by atoms with Crippen LogP contribution in [-0.4, -0.2) is 29.7 Å². The van der Waals surface area contributed by atoms with Crippen molar-refractivity contribution in [3.05, 3.63) is 45.4 Å². The van der Waals surface area contributed by atoms with Gasteiger partial charge in [-0.15, -0.1) is 0 Å². The van der Waals surface area contributed by atoms with Crippen LogP contribution in [0.3, 0.4) is 0 Å². The summed E-state index contributed by atoms with van der Waals surface area (Å²) in [5.74, 6) is -1.72. The summed E-state index contributed by atoms with van der Waals surface area (Å²) < 4.78 is 22.8. The van der Waals surface area contributed by atoms with Crippen molar-refractivity contribution in [3.8, 4) is 0 Å². The largest absolute Gasteiger partial charge is 0.464 e. The van der Waals surface area contributed by atoms with Gasteiger partial charge in [-0.2, -0.15) is 0 Å². The summed E-state index contributed by atoms with van der Waals surface area (Å²) >= 11 is 0. The normalized spacial score (nSPS) is 11.6. The molecule has 0 aliphatic heterocycles. The molecule has 0 aliphatic rings. The minimum Gasteiger partial charge on any atom is -0.464 e. The second-order valence-electron chi connectivity index (χ2n) is 5.64. The molecule has 0 fully saturated rings. The minimum atomic E-state index is -0.973. The van der Waals surface area contributed by atoms with Gasteiger partial charge in [0.05, 0.1) is 17.6 Å². The SMILES string of the molecule is COC(=O)/C(=C/c1cc(F)ccc1[N+](=O)[O-])NC(=O)OC(C)(C)C. The van der Waals surface area contributed by atoms with E-state index in [0.717, 1.165) is 31.4 Å². The number of hydrogen-bond acceptors (Lipinski definition) is 6. The quantitative estimate of drug-likeness (QED) is 0.391. The summed E-state index contributed by atoms with van der Waals surface area (Å²) in [6.45, 7) is 4.85. The Morgan fingerprint density at radius 3 is 2.46 bits per heavy atom. The van der Waals surface area contributed by atoms with E-state index in [-0.39, 0.29) is 5.56 Å². The first kappa shape index (κ1) is 19.1. The van der Waals surface area contributed by atoms with Crippen LogP contribution in [0.4, 0.5) is 14.9 Å². The maximum Gasteiger partial charge on any atom is 0.412 e. The van der Waals surface area contributed by atoms with Crippen molar-refractivity contribution >= 4 is 23.8 Å². The van der Waals surface area contributed by atoms with Gasteiger partial charge in [-0.25, -0.2) is 14.0 Å². The van der Waals surface area contributed by atoms with Gasteiger partial charge < -0.3 is 9.47 Å². The van der Waals surface area contributed by atoms with Crippen LogP contribution in [0.5, 0.6) is 0 Å². The molecule has 9 heteroatoms. The highest BCUT2D eigenvalue weighted by molar-refractivity contribution is 5.97. The van der Waals surface area contributed by atoms with Crippen LogP contribution in [0.2, 0.25) is 0 Å². The van der Waals surface area contributed by atoms with Crippen LogP contribution in [0.1, 0.15) is 26.3 Å². The third-order valence-electron chi connectivity index (χ3n) is 2.53. The molecular weight excluding hydrogens is 323 g/mol. The number of nitrogens with one attached hydrogen (secondary N) is 1. The third kappa shape index (κ3) is 5.67. The van der Waals surface area contributed by atoms with E-state index in [2.05, 4.69) is 10.1 Å². The van der Waals surface area contributed by atoms with Gasteiger partial charge in [0, 0.05) is 6.07 Å². The number of nitrogens with zero attached hydrogens (tertiary/aromatic N) is 1. The molecule has 0 saturated heterocycles. The Morgan fingerprint density at radius 2 is 1.96 bits per heavy atom. The molecule has 24 heavy (non-hydrogen) atoms. The lowest BCUT2D eigenvalue weighted by molar-refractivity contribution is -0.385. The minimum absolute atomic E-state index is 0.212. The topological polar surface area (TPSA) is 108 Å². The zero-order valence-corrected chi connectivity index (χ0v) is 13.6. The number of carbonyl (C=O) groups is 2. The fourth-order valence-electron chi connectivity index (χ4n) is 1.63. The zero-order valence-electron chi connectivity index (χ0n) is 13.6. The van der Waals surface area contributed by atoms with Crippen LogP contribution >= 0.6 is 0 Å². The molecule has 0 heterocycles. The third-order valence-corrected chi connectivity index (χ3v) is 2.53. The Morgan fingerprint density at radius 1 is 1.33 bits per heavy atom. The second-order valence-corrected chi connectivity index (χ2v) is 5.64. The van der Waals surface area contributed by atoms with Crippen LogP contribution in [-0.2, 0) is 14.3 Å².